The summed E-state index contributed by atoms with van der Waals surface area (Å²) in [5.41, 5.74) is 5.53. The number of carboxylic acid groups (broad SMARTS) is 1. The van der Waals surface area contributed by atoms with Crippen LogP contribution in [-0.2, 0) is 0 Å². The summed E-state index contributed by atoms with van der Waals surface area (Å²) in [5.74, 6) is -1.21. The maximum absolute atomic E-state index is 10.8. The van der Waals surface area contributed by atoms with E-state index in [2.05, 4.69) is 0 Å². The van der Waals surface area contributed by atoms with Gasteiger partial charge in [0.2, 0.25) is 0 Å². The van der Waals surface area contributed by atoms with Crippen LogP contribution in [-0.4, -0.2) is 18.2 Å². The highest BCUT2D eigenvalue weighted by Gasteiger charge is 2.18. The van der Waals surface area contributed by atoms with Crippen molar-refractivity contribution >= 4 is 11.7 Å². The molecule has 0 bridgehead atoms. The second kappa shape index (κ2) is 3.66. The molecule has 1 rings (SSSR count). The number of aromatic carboxylic acids is 1. The molecule has 5 nitrogen and oxygen atoms in total. The normalized spacial score (nSPS) is 9.14. The molecule has 0 aliphatic rings. The van der Waals surface area contributed by atoms with E-state index in [1.807, 2.05) is 0 Å². The zero-order valence-corrected chi connectivity index (χ0v) is 7.44. The zero-order valence-electron chi connectivity index (χ0n) is 7.44. The first-order valence-electron chi connectivity index (χ1n) is 3.71. The van der Waals surface area contributed by atoms with Crippen LogP contribution in [0.15, 0.2) is 12.1 Å². The molecular formula is C9H8N2O3. The fourth-order valence-corrected chi connectivity index (χ4v) is 1.12. The first-order chi connectivity index (χ1) is 6.61. The van der Waals surface area contributed by atoms with Crippen molar-refractivity contribution in [2.45, 2.75) is 0 Å². The summed E-state index contributed by atoms with van der Waals surface area (Å²) >= 11 is 0. The number of carbonyl (C=O) groups is 1. The number of hydrogen-bond acceptors (Lipinski definition) is 4. The predicted octanol–water partition coefficient (Wildman–Crippen LogP) is 0.847. The molecule has 72 valence electrons. The predicted molar refractivity (Wildman–Crippen MR) is 49.1 cm³/mol. The average Bonchev–Trinajstić information content (AvgIpc) is 2.17. The van der Waals surface area contributed by atoms with Crippen molar-refractivity contribution in [3.8, 4) is 11.8 Å². The lowest BCUT2D eigenvalue weighted by molar-refractivity contribution is 0.0693. The van der Waals surface area contributed by atoms with E-state index in [-0.39, 0.29) is 22.6 Å². The first kappa shape index (κ1) is 9.86. The number of anilines is 1. The lowest BCUT2D eigenvalue weighted by Gasteiger charge is -2.08. The number of benzene rings is 1. The molecule has 0 saturated heterocycles. The van der Waals surface area contributed by atoms with Gasteiger partial charge in [-0.25, -0.2) is 4.79 Å². The lowest BCUT2D eigenvalue weighted by atomic mass is 10.1. The Kier molecular flexibility index (Phi) is 2.58. The summed E-state index contributed by atoms with van der Waals surface area (Å²) in [6.07, 6.45) is 0. The third kappa shape index (κ3) is 1.45. The SMILES string of the molecule is COc1c(N)ccc(C#N)c1C(=O)O. The monoisotopic (exact) mass is 192 g/mol. The Morgan fingerprint density at radius 1 is 1.64 bits per heavy atom. The Morgan fingerprint density at radius 3 is 2.71 bits per heavy atom. The maximum Gasteiger partial charge on any atom is 0.340 e. The molecule has 0 heterocycles. The average molecular weight is 192 g/mol. The van der Waals surface area contributed by atoms with Gasteiger partial charge in [-0.1, -0.05) is 0 Å². The molecule has 0 fully saturated rings. The zero-order chi connectivity index (χ0) is 10.7. The van der Waals surface area contributed by atoms with Gasteiger partial charge in [-0.15, -0.1) is 0 Å². The number of carboxylic acids is 1. The van der Waals surface area contributed by atoms with Crippen LogP contribution in [0.4, 0.5) is 5.69 Å². The van der Waals surface area contributed by atoms with Crippen LogP contribution in [0.25, 0.3) is 0 Å². The number of nitrogens with two attached hydrogens (primary N) is 1. The molecular weight excluding hydrogens is 184 g/mol. The van der Waals surface area contributed by atoms with Gasteiger partial charge in [0.25, 0.3) is 0 Å². The van der Waals surface area contributed by atoms with E-state index < -0.39 is 5.97 Å². The third-order valence-electron chi connectivity index (χ3n) is 1.73. The van der Waals surface area contributed by atoms with E-state index >= 15 is 0 Å². The number of rotatable bonds is 2. The van der Waals surface area contributed by atoms with Crippen molar-refractivity contribution in [3.05, 3.63) is 23.3 Å². The molecule has 0 aromatic heterocycles. The molecule has 14 heavy (non-hydrogen) atoms. The van der Waals surface area contributed by atoms with Gasteiger partial charge in [-0.2, -0.15) is 5.26 Å². The van der Waals surface area contributed by atoms with Crippen molar-refractivity contribution < 1.29 is 14.6 Å². The number of methoxy groups -OCH3 is 1. The Balaban J connectivity index is 3.54. The largest absolute Gasteiger partial charge is 0.494 e. The molecule has 0 spiro atoms. The summed E-state index contributed by atoms with van der Waals surface area (Å²) in [4.78, 5) is 10.8. The Labute approximate surface area is 80.3 Å². The van der Waals surface area contributed by atoms with Gasteiger partial charge in [0.05, 0.1) is 18.4 Å². The van der Waals surface area contributed by atoms with E-state index in [1.54, 1.807) is 6.07 Å². The van der Waals surface area contributed by atoms with Crippen molar-refractivity contribution in [1.82, 2.24) is 0 Å². The van der Waals surface area contributed by atoms with Crippen LogP contribution in [0.2, 0.25) is 0 Å². The summed E-state index contributed by atoms with van der Waals surface area (Å²) in [7, 11) is 1.30. The quantitative estimate of drug-likeness (QED) is 0.677. The molecule has 0 aliphatic carbocycles. The summed E-state index contributed by atoms with van der Waals surface area (Å²) in [6.45, 7) is 0. The van der Waals surface area contributed by atoms with Gasteiger partial charge in [0.1, 0.15) is 11.6 Å². The molecule has 5 heteroatoms. The van der Waals surface area contributed by atoms with Gasteiger partial charge in [-0.05, 0) is 12.1 Å². The van der Waals surface area contributed by atoms with Gasteiger partial charge in [0.15, 0.2) is 5.75 Å². The Bertz CT molecular complexity index is 421. The lowest BCUT2D eigenvalue weighted by Crippen LogP contribution is -2.06. The van der Waals surface area contributed by atoms with Gasteiger partial charge >= 0.3 is 5.97 Å². The summed E-state index contributed by atoms with van der Waals surface area (Å²) in [5, 5.41) is 17.5. The van der Waals surface area contributed by atoms with E-state index in [4.69, 9.17) is 20.8 Å². The molecule has 0 amide bonds. The first-order valence-corrected chi connectivity index (χ1v) is 3.71. The number of ether oxygens (including phenoxy) is 1. The van der Waals surface area contributed by atoms with E-state index in [0.717, 1.165) is 0 Å². The molecule has 0 atom stereocenters. The highest BCUT2D eigenvalue weighted by atomic mass is 16.5. The molecule has 0 saturated carbocycles. The van der Waals surface area contributed by atoms with Crippen LogP contribution < -0.4 is 10.5 Å². The fraction of sp³-hybridized carbons (Fsp3) is 0.111. The third-order valence-corrected chi connectivity index (χ3v) is 1.73. The number of nitrogen functional groups attached to an aromatic ring is 1. The van der Waals surface area contributed by atoms with Crippen molar-refractivity contribution in [2.24, 2.45) is 0 Å². The minimum atomic E-state index is -1.23. The topological polar surface area (TPSA) is 96.3 Å². The fourth-order valence-electron chi connectivity index (χ4n) is 1.12. The maximum atomic E-state index is 10.8. The van der Waals surface area contributed by atoms with Crippen LogP contribution in [0.5, 0.6) is 5.75 Å². The Hall–Kier alpha value is -2.22. The number of nitriles is 1. The molecule has 1 aromatic rings. The van der Waals surface area contributed by atoms with Crippen LogP contribution >= 0.6 is 0 Å². The van der Waals surface area contributed by atoms with Crippen LogP contribution in [0.3, 0.4) is 0 Å². The standard InChI is InChI=1S/C9H8N2O3/c1-14-8-6(11)3-2-5(4-10)7(8)9(12)13/h2-3H,11H2,1H3,(H,12,13). The Morgan fingerprint density at radius 2 is 2.29 bits per heavy atom. The minimum absolute atomic E-state index is 0.0246. The van der Waals surface area contributed by atoms with Crippen LogP contribution in [0, 0.1) is 11.3 Å². The minimum Gasteiger partial charge on any atom is -0.494 e. The molecule has 0 unspecified atom stereocenters. The van der Waals surface area contributed by atoms with Gasteiger partial charge in [-0.3, -0.25) is 0 Å². The summed E-state index contributed by atoms with van der Waals surface area (Å²) in [6, 6.07) is 4.55. The van der Waals surface area contributed by atoms with Crippen molar-refractivity contribution in [1.29, 1.82) is 5.26 Å². The van der Waals surface area contributed by atoms with Crippen molar-refractivity contribution in [2.75, 3.05) is 12.8 Å². The van der Waals surface area contributed by atoms with E-state index in [0.29, 0.717) is 0 Å². The second-order valence-corrected chi connectivity index (χ2v) is 2.53. The highest BCUT2D eigenvalue weighted by Crippen LogP contribution is 2.28. The molecule has 0 aliphatic heterocycles. The second-order valence-electron chi connectivity index (χ2n) is 2.53. The van der Waals surface area contributed by atoms with Crippen molar-refractivity contribution in [3.63, 3.8) is 0 Å². The van der Waals surface area contributed by atoms with Gasteiger partial charge < -0.3 is 15.6 Å². The van der Waals surface area contributed by atoms with E-state index in [9.17, 15) is 4.79 Å². The van der Waals surface area contributed by atoms with Gasteiger partial charge in [0, 0.05) is 0 Å². The number of hydrogen-bond donors (Lipinski definition) is 2. The number of nitrogens with zero attached hydrogens (tertiary/aromatic N) is 1. The van der Waals surface area contributed by atoms with Crippen LogP contribution in [0.1, 0.15) is 15.9 Å². The highest BCUT2D eigenvalue weighted by molar-refractivity contribution is 5.96. The molecule has 3 N–H and O–H groups in total. The molecule has 1 aromatic carbocycles. The molecule has 0 radical (unpaired) electrons. The summed E-state index contributed by atoms with van der Waals surface area (Å²) < 4.78 is 4.82. The smallest absolute Gasteiger partial charge is 0.340 e. The van der Waals surface area contributed by atoms with E-state index in [1.165, 1.54) is 19.2 Å².